The maximum atomic E-state index is 13.4. The number of benzene rings is 2. The molecule has 0 saturated heterocycles. The van der Waals surface area contributed by atoms with Crippen LogP contribution in [0, 0.1) is 0 Å². The van der Waals surface area contributed by atoms with Crippen molar-refractivity contribution in [3.8, 4) is 23.0 Å². The van der Waals surface area contributed by atoms with Crippen LogP contribution < -0.4 is 9.47 Å². The number of ether oxygens (including phenoxy) is 2. The second-order valence-corrected chi connectivity index (χ2v) is 8.65. The van der Waals surface area contributed by atoms with Crippen LogP contribution in [0.15, 0.2) is 42.0 Å². The highest BCUT2D eigenvalue weighted by molar-refractivity contribution is 6.06. The van der Waals surface area contributed by atoms with E-state index in [1.54, 1.807) is 6.07 Å². The molecule has 1 unspecified atom stereocenters. The molecule has 0 bridgehead atoms. The Morgan fingerprint density at radius 1 is 1.20 bits per heavy atom. The predicted molar refractivity (Wildman–Crippen MR) is 116 cm³/mol. The molecule has 0 aliphatic carbocycles. The molecular formula is C25H26O5. The number of Topliss-reactive ketones (excluding diaryl/α,β-unsaturated/α-hetero) is 1. The maximum Gasteiger partial charge on any atom is 0.177 e. The summed E-state index contributed by atoms with van der Waals surface area (Å²) in [6, 6.07) is 6.12. The summed E-state index contributed by atoms with van der Waals surface area (Å²) in [4.78, 5) is 13.4. The van der Waals surface area contributed by atoms with Crippen LogP contribution in [0.25, 0.3) is 6.08 Å². The van der Waals surface area contributed by atoms with Gasteiger partial charge in [-0.1, -0.05) is 17.7 Å². The molecule has 4 rings (SSSR count). The topological polar surface area (TPSA) is 76.0 Å². The third-order valence-corrected chi connectivity index (χ3v) is 5.46. The average Bonchev–Trinajstić information content (AvgIpc) is 2.66. The lowest BCUT2D eigenvalue weighted by molar-refractivity contribution is 0.0892. The van der Waals surface area contributed by atoms with Crippen LogP contribution in [0.3, 0.4) is 0 Å². The van der Waals surface area contributed by atoms with Gasteiger partial charge in [0.1, 0.15) is 35.2 Å². The molecule has 5 nitrogen and oxygen atoms in total. The molecule has 2 heterocycles. The lowest BCUT2D eigenvalue weighted by Gasteiger charge is -2.33. The summed E-state index contributed by atoms with van der Waals surface area (Å²) in [6.07, 6.45) is 6.68. The summed E-state index contributed by atoms with van der Waals surface area (Å²) in [5.74, 6) is 0.348. The number of aromatic hydroxyl groups is 2. The summed E-state index contributed by atoms with van der Waals surface area (Å²) in [6.45, 7) is 8.17. The Bertz CT molecular complexity index is 1090. The quantitative estimate of drug-likeness (QED) is 0.690. The number of phenolic OH excluding ortho intramolecular Hbond substituents is 2. The van der Waals surface area contributed by atoms with E-state index < -0.39 is 11.5 Å². The zero-order valence-corrected chi connectivity index (χ0v) is 17.7. The van der Waals surface area contributed by atoms with E-state index in [9.17, 15) is 15.0 Å². The second-order valence-electron chi connectivity index (χ2n) is 8.65. The van der Waals surface area contributed by atoms with Gasteiger partial charge in [0.05, 0.1) is 17.0 Å². The fraction of sp³-hybridized carbons (Fsp3) is 0.320. The number of hydrogen-bond donors (Lipinski definition) is 2. The van der Waals surface area contributed by atoms with Crippen LogP contribution in [-0.4, -0.2) is 28.2 Å². The lowest BCUT2D eigenvalue weighted by Crippen LogP contribution is -2.31. The molecule has 30 heavy (non-hydrogen) atoms. The molecule has 0 spiro atoms. The van der Waals surface area contributed by atoms with Gasteiger partial charge in [0.2, 0.25) is 0 Å². The van der Waals surface area contributed by atoms with E-state index in [-0.39, 0.29) is 23.9 Å². The zero-order valence-electron chi connectivity index (χ0n) is 17.7. The summed E-state index contributed by atoms with van der Waals surface area (Å²) in [5, 5.41) is 19.8. The highest BCUT2D eigenvalue weighted by Crippen LogP contribution is 2.46. The minimum Gasteiger partial charge on any atom is -0.508 e. The Morgan fingerprint density at radius 2 is 1.97 bits per heavy atom. The van der Waals surface area contributed by atoms with Crippen LogP contribution in [-0.2, 0) is 6.42 Å². The first-order chi connectivity index (χ1) is 14.2. The first-order valence-electron chi connectivity index (χ1n) is 10.1. The van der Waals surface area contributed by atoms with Crippen molar-refractivity contribution in [2.45, 2.75) is 45.6 Å². The SMILES string of the molecule is CC(C)=CCc1cc2c(c3c1OC(C)(C)C=C3)OCC(c1ccc(O)cc1O)C2=O. The fourth-order valence-electron chi connectivity index (χ4n) is 3.87. The van der Waals surface area contributed by atoms with Crippen LogP contribution >= 0.6 is 0 Å². The number of rotatable bonds is 3. The van der Waals surface area contributed by atoms with Gasteiger partial charge in [-0.05, 0) is 64.0 Å². The second kappa shape index (κ2) is 7.24. The van der Waals surface area contributed by atoms with E-state index in [0.717, 1.165) is 16.9 Å². The molecule has 2 aliphatic rings. The Labute approximate surface area is 176 Å². The predicted octanol–water partition coefficient (Wildman–Crippen LogP) is 5.15. The number of hydrogen-bond acceptors (Lipinski definition) is 5. The van der Waals surface area contributed by atoms with Gasteiger partial charge in [-0.25, -0.2) is 0 Å². The molecule has 0 fully saturated rings. The Morgan fingerprint density at radius 3 is 2.67 bits per heavy atom. The smallest absolute Gasteiger partial charge is 0.177 e. The van der Waals surface area contributed by atoms with Crippen LogP contribution in [0.2, 0.25) is 0 Å². The van der Waals surface area contributed by atoms with Crippen molar-refractivity contribution < 1.29 is 24.5 Å². The molecule has 2 aliphatic heterocycles. The van der Waals surface area contributed by atoms with E-state index in [4.69, 9.17) is 9.47 Å². The number of carbonyl (C=O) groups excluding carboxylic acids is 1. The Balaban J connectivity index is 1.83. The first-order valence-corrected chi connectivity index (χ1v) is 10.1. The molecule has 5 heteroatoms. The van der Waals surface area contributed by atoms with Gasteiger partial charge < -0.3 is 19.7 Å². The van der Waals surface area contributed by atoms with Crippen molar-refractivity contribution >= 4 is 11.9 Å². The molecule has 156 valence electrons. The van der Waals surface area contributed by atoms with Gasteiger partial charge in [-0.3, -0.25) is 4.79 Å². The highest BCUT2D eigenvalue weighted by Gasteiger charge is 2.36. The molecule has 1 atom stereocenters. The molecule has 0 amide bonds. The van der Waals surface area contributed by atoms with Gasteiger partial charge in [-0.15, -0.1) is 0 Å². The summed E-state index contributed by atoms with van der Waals surface area (Å²) in [5.41, 5.74) is 3.38. The van der Waals surface area contributed by atoms with Crippen LogP contribution in [0.5, 0.6) is 23.0 Å². The maximum absolute atomic E-state index is 13.4. The number of ketones is 1. The summed E-state index contributed by atoms with van der Waals surface area (Å²) in [7, 11) is 0. The minimum atomic E-state index is -0.641. The number of carbonyl (C=O) groups is 1. The van der Waals surface area contributed by atoms with E-state index >= 15 is 0 Å². The Hall–Kier alpha value is -3.21. The van der Waals surface area contributed by atoms with Gasteiger partial charge in [-0.2, -0.15) is 0 Å². The van der Waals surface area contributed by atoms with Crippen molar-refractivity contribution in [3.05, 3.63) is 64.2 Å². The highest BCUT2D eigenvalue weighted by atomic mass is 16.5. The fourth-order valence-corrected chi connectivity index (χ4v) is 3.87. The first kappa shape index (κ1) is 20.1. The normalized spacial score (nSPS) is 18.7. The van der Waals surface area contributed by atoms with Gasteiger partial charge in [0.25, 0.3) is 0 Å². The van der Waals surface area contributed by atoms with E-state index in [0.29, 0.717) is 23.3 Å². The molecule has 2 N–H and O–H groups in total. The van der Waals surface area contributed by atoms with Crippen LogP contribution in [0.1, 0.15) is 60.7 Å². The minimum absolute atomic E-state index is 0.0520. The van der Waals surface area contributed by atoms with Crippen LogP contribution in [0.4, 0.5) is 0 Å². The molecular weight excluding hydrogens is 380 g/mol. The van der Waals surface area contributed by atoms with E-state index in [1.807, 2.05) is 45.9 Å². The largest absolute Gasteiger partial charge is 0.508 e. The Kier molecular flexibility index (Phi) is 4.85. The third kappa shape index (κ3) is 3.56. The van der Waals surface area contributed by atoms with Crippen molar-refractivity contribution in [1.29, 1.82) is 0 Å². The summed E-state index contributed by atoms with van der Waals surface area (Å²) < 4.78 is 12.3. The van der Waals surface area contributed by atoms with Crippen molar-refractivity contribution in [2.24, 2.45) is 0 Å². The monoisotopic (exact) mass is 406 g/mol. The number of fused-ring (bicyclic) bond motifs is 3. The third-order valence-electron chi connectivity index (χ3n) is 5.46. The van der Waals surface area contributed by atoms with Crippen molar-refractivity contribution in [3.63, 3.8) is 0 Å². The summed E-state index contributed by atoms with van der Waals surface area (Å²) >= 11 is 0. The molecule has 2 aromatic carbocycles. The van der Waals surface area contributed by atoms with Gasteiger partial charge >= 0.3 is 0 Å². The molecule has 0 aromatic heterocycles. The number of phenols is 2. The molecule has 0 radical (unpaired) electrons. The van der Waals surface area contributed by atoms with Gasteiger partial charge in [0, 0.05) is 11.6 Å². The zero-order chi connectivity index (χ0) is 21.6. The van der Waals surface area contributed by atoms with Crippen molar-refractivity contribution in [1.82, 2.24) is 0 Å². The lowest BCUT2D eigenvalue weighted by atomic mass is 9.85. The number of allylic oxidation sites excluding steroid dienone is 2. The van der Waals surface area contributed by atoms with Crippen molar-refractivity contribution in [2.75, 3.05) is 6.61 Å². The molecule has 0 saturated carbocycles. The van der Waals surface area contributed by atoms with E-state index in [1.165, 1.54) is 17.7 Å². The van der Waals surface area contributed by atoms with Gasteiger partial charge in [0.15, 0.2) is 5.78 Å². The average molecular weight is 406 g/mol. The van der Waals surface area contributed by atoms with E-state index in [2.05, 4.69) is 6.08 Å². The standard InChI is InChI=1S/C25H26O5/c1-14(2)5-6-15-11-19-22(28)20(17-8-7-16(26)12-21(17)27)13-29-24(19)18-9-10-25(3,4)30-23(15)18/h5,7-12,20,26-27H,6,13H2,1-4H3. The molecule has 2 aromatic rings.